The molecule has 2 saturated heterocycles. The fourth-order valence-corrected chi connectivity index (χ4v) is 6.42. The van der Waals surface area contributed by atoms with Crippen molar-refractivity contribution in [1.29, 1.82) is 0 Å². The molecule has 2 heterocycles. The number of benzene rings is 1. The maximum Gasteiger partial charge on any atom is 0.282 e. The fourth-order valence-electron chi connectivity index (χ4n) is 4.48. The van der Waals surface area contributed by atoms with Gasteiger partial charge in [0, 0.05) is 26.2 Å². The van der Waals surface area contributed by atoms with Gasteiger partial charge in [-0.1, -0.05) is 44.2 Å². The summed E-state index contributed by atoms with van der Waals surface area (Å²) in [4.78, 5) is 12.8. The number of hydrogen-bond acceptors (Lipinski definition) is 3. The number of piperidine rings is 2. The first-order valence-electron chi connectivity index (χ1n) is 10.4. The summed E-state index contributed by atoms with van der Waals surface area (Å²) in [6.07, 6.45) is 2.51. The molecule has 156 valence electrons. The predicted octanol–water partition coefficient (Wildman–Crippen LogP) is 2.80. The maximum absolute atomic E-state index is 13.2. The van der Waals surface area contributed by atoms with Crippen LogP contribution in [0, 0.1) is 17.8 Å². The van der Waals surface area contributed by atoms with E-state index in [0.717, 1.165) is 24.8 Å². The molecule has 2 fully saturated rings. The van der Waals surface area contributed by atoms with Crippen molar-refractivity contribution in [3.8, 4) is 0 Å². The lowest BCUT2D eigenvalue weighted by Crippen LogP contribution is -2.53. The third kappa shape index (κ3) is 4.93. The van der Waals surface area contributed by atoms with E-state index in [0.29, 0.717) is 31.5 Å². The van der Waals surface area contributed by atoms with E-state index in [2.05, 4.69) is 19.2 Å². The van der Waals surface area contributed by atoms with Gasteiger partial charge in [0.05, 0.1) is 12.0 Å². The van der Waals surface area contributed by atoms with Crippen LogP contribution in [-0.4, -0.2) is 49.1 Å². The number of rotatable bonds is 5. The Labute approximate surface area is 169 Å². The summed E-state index contributed by atoms with van der Waals surface area (Å²) in [5.74, 6) is 0.384. The van der Waals surface area contributed by atoms with Gasteiger partial charge in [-0.2, -0.15) is 17.0 Å². The Hall–Kier alpha value is -1.44. The lowest BCUT2D eigenvalue weighted by Gasteiger charge is -2.39. The molecular weight excluding hydrogens is 374 g/mol. The summed E-state index contributed by atoms with van der Waals surface area (Å²) < 4.78 is 29.5. The van der Waals surface area contributed by atoms with Gasteiger partial charge >= 0.3 is 0 Å². The van der Waals surface area contributed by atoms with Crippen molar-refractivity contribution in [2.24, 2.45) is 17.8 Å². The van der Waals surface area contributed by atoms with Gasteiger partial charge in [0.15, 0.2) is 0 Å². The van der Waals surface area contributed by atoms with Crippen molar-refractivity contribution in [2.45, 2.75) is 46.1 Å². The molecule has 2 aliphatic heterocycles. The van der Waals surface area contributed by atoms with Crippen LogP contribution in [0.1, 0.15) is 51.6 Å². The van der Waals surface area contributed by atoms with E-state index in [1.54, 1.807) is 4.31 Å². The van der Waals surface area contributed by atoms with Crippen molar-refractivity contribution in [2.75, 3.05) is 26.2 Å². The Morgan fingerprint density at radius 3 is 2.36 bits per heavy atom. The molecule has 1 N–H and O–H groups in total. The van der Waals surface area contributed by atoms with Gasteiger partial charge in [-0.3, -0.25) is 4.79 Å². The van der Waals surface area contributed by atoms with Crippen LogP contribution in [0.25, 0.3) is 0 Å². The molecule has 2 aliphatic rings. The molecule has 0 radical (unpaired) electrons. The fraction of sp³-hybridized carbons (Fsp3) is 0.667. The number of carbonyl (C=O) groups is 1. The molecule has 0 aromatic heterocycles. The van der Waals surface area contributed by atoms with Crippen molar-refractivity contribution >= 4 is 16.1 Å². The zero-order chi connectivity index (χ0) is 20.3. The molecule has 3 rings (SSSR count). The third-order valence-corrected chi connectivity index (χ3v) is 7.84. The van der Waals surface area contributed by atoms with Gasteiger partial charge in [-0.25, -0.2) is 0 Å². The average molecular weight is 408 g/mol. The van der Waals surface area contributed by atoms with E-state index in [1.807, 2.05) is 37.3 Å². The molecule has 1 aromatic rings. The van der Waals surface area contributed by atoms with Crippen molar-refractivity contribution in [3.63, 3.8) is 0 Å². The van der Waals surface area contributed by atoms with Crippen LogP contribution in [0.5, 0.6) is 0 Å². The molecule has 1 amide bonds. The number of nitrogens with one attached hydrogen (secondary N) is 1. The van der Waals surface area contributed by atoms with Crippen LogP contribution < -0.4 is 5.32 Å². The monoisotopic (exact) mass is 407 g/mol. The molecule has 0 unspecified atom stereocenters. The van der Waals surface area contributed by atoms with E-state index in [4.69, 9.17) is 0 Å². The van der Waals surface area contributed by atoms with Crippen LogP contribution in [0.15, 0.2) is 30.3 Å². The minimum atomic E-state index is -3.51. The Bertz CT molecular complexity index is 758. The van der Waals surface area contributed by atoms with Crippen molar-refractivity contribution in [1.82, 2.24) is 13.9 Å². The molecule has 0 aliphatic carbocycles. The molecule has 7 heteroatoms. The first-order valence-corrected chi connectivity index (χ1v) is 11.8. The predicted molar refractivity (Wildman–Crippen MR) is 111 cm³/mol. The number of hydrogen-bond donors (Lipinski definition) is 1. The van der Waals surface area contributed by atoms with E-state index in [-0.39, 0.29) is 24.4 Å². The average Bonchev–Trinajstić information content (AvgIpc) is 2.68. The van der Waals surface area contributed by atoms with Crippen molar-refractivity contribution < 1.29 is 13.2 Å². The molecule has 0 spiro atoms. The van der Waals surface area contributed by atoms with E-state index >= 15 is 0 Å². The second-order valence-electron chi connectivity index (χ2n) is 8.61. The highest BCUT2D eigenvalue weighted by atomic mass is 32.2. The van der Waals surface area contributed by atoms with Crippen LogP contribution in [-0.2, 0) is 15.0 Å². The van der Waals surface area contributed by atoms with Gasteiger partial charge in [0.25, 0.3) is 10.2 Å². The normalized spacial score (nSPS) is 28.6. The summed E-state index contributed by atoms with van der Waals surface area (Å²) in [6.45, 7) is 8.09. The molecule has 0 bridgehead atoms. The lowest BCUT2D eigenvalue weighted by molar-refractivity contribution is -0.126. The first-order chi connectivity index (χ1) is 13.3. The van der Waals surface area contributed by atoms with Gasteiger partial charge in [0.2, 0.25) is 5.91 Å². The SMILES string of the molecule is C[C@@H]1C[C@H](C)CN(S(=O)(=O)N2CCC[C@H](C(=O)N[C@H](C)c3ccccc3)C2)C1. The second kappa shape index (κ2) is 8.93. The molecular formula is C21H33N3O3S. The Kier molecular flexibility index (Phi) is 6.78. The Morgan fingerprint density at radius 1 is 1.07 bits per heavy atom. The van der Waals surface area contributed by atoms with Crippen LogP contribution in [0.2, 0.25) is 0 Å². The molecule has 1 aromatic carbocycles. The number of carbonyl (C=O) groups excluding carboxylic acids is 1. The zero-order valence-corrected chi connectivity index (χ0v) is 18.0. The van der Waals surface area contributed by atoms with Gasteiger partial charge in [-0.15, -0.1) is 0 Å². The van der Waals surface area contributed by atoms with Gasteiger partial charge in [0.1, 0.15) is 0 Å². The number of nitrogens with zero attached hydrogens (tertiary/aromatic N) is 2. The van der Waals surface area contributed by atoms with Crippen LogP contribution in [0.3, 0.4) is 0 Å². The Balaban J connectivity index is 1.63. The summed E-state index contributed by atoms with van der Waals surface area (Å²) in [5, 5.41) is 3.06. The van der Waals surface area contributed by atoms with E-state index in [9.17, 15) is 13.2 Å². The van der Waals surface area contributed by atoms with E-state index < -0.39 is 10.2 Å². The third-order valence-electron chi connectivity index (χ3n) is 5.90. The lowest BCUT2D eigenvalue weighted by atomic mass is 9.94. The molecule has 0 saturated carbocycles. The van der Waals surface area contributed by atoms with Crippen molar-refractivity contribution in [3.05, 3.63) is 35.9 Å². The zero-order valence-electron chi connectivity index (χ0n) is 17.2. The van der Waals surface area contributed by atoms with E-state index in [1.165, 1.54) is 4.31 Å². The maximum atomic E-state index is 13.2. The molecule has 6 nitrogen and oxygen atoms in total. The highest BCUT2D eigenvalue weighted by Gasteiger charge is 2.38. The summed E-state index contributed by atoms with van der Waals surface area (Å²) in [7, 11) is -3.51. The Morgan fingerprint density at radius 2 is 1.71 bits per heavy atom. The molecule has 28 heavy (non-hydrogen) atoms. The number of amides is 1. The standard InChI is InChI=1S/C21H33N3O3S/c1-16-12-17(2)14-24(13-16)28(26,27)23-11-7-10-20(15-23)21(25)22-18(3)19-8-5-4-6-9-19/h4-6,8-9,16-18,20H,7,10-15H2,1-3H3,(H,22,25)/t16-,17+,18-,20+/m1/s1. The van der Waals surface area contributed by atoms with Gasteiger partial charge in [-0.05, 0) is 43.6 Å². The highest BCUT2D eigenvalue weighted by Crippen LogP contribution is 2.27. The minimum absolute atomic E-state index is 0.0587. The highest BCUT2D eigenvalue weighted by molar-refractivity contribution is 7.86. The first kappa shape index (κ1) is 21.3. The summed E-state index contributed by atoms with van der Waals surface area (Å²) in [5.41, 5.74) is 1.05. The van der Waals surface area contributed by atoms with Gasteiger partial charge < -0.3 is 5.32 Å². The quantitative estimate of drug-likeness (QED) is 0.816. The topological polar surface area (TPSA) is 69.7 Å². The van der Waals surface area contributed by atoms with Crippen LogP contribution in [0.4, 0.5) is 0 Å². The summed E-state index contributed by atoms with van der Waals surface area (Å²) >= 11 is 0. The largest absolute Gasteiger partial charge is 0.349 e. The summed E-state index contributed by atoms with van der Waals surface area (Å²) in [6, 6.07) is 9.73. The smallest absolute Gasteiger partial charge is 0.282 e. The second-order valence-corrected chi connectivity index (χ2v) is 10.5. The van der Waals surface area contributed by atoms with Crippen LogP contribution >= 0.6 is 0 Å². The molecule has 4 atom stereocenters. The minimum Gasteiger partial charge on any atom is -0.349 e.